The fourth-order valence-corrected chi connectivity index (χ4v) is 2.57. The van der Waals surface area contributed by atoms with E-state index < -0.39 is 11.8 Å². The molecule has 19 heavy (non-hydrogen) atoms. The topological polar surface area (TPSA) is 60.2 Å². The van der Waals surface area contributed by atoms with Crippen molar-refractivity contribution >= 4 is 23.2 Å². The van der Waals surface area contributed by atoms with Crippen molar-refractivity contribution in [1.29, 1.82) is 0 Å². The zero-order valence-electron chi connectivity index (χ0n) is 10.4. The number of methoxy groups -OCH3 is 1. The molecule has 2 unspecified atom stereocenters. The van der Waals surface area contributed by atoms with Crippen LogP contribution in [0.4, 0.5) is 0 Å². The van der Waals surface area contributed by atoms with Crippen LogP contribution in [-0.4, -0.2) is 27.0 Å². The lowest BCUT2D eigenvalue weighted by atomic mass is 9.94. The van der Waals surface area contributed by atoms with Gasteiger partial charge in [-0.25, -0.2) is 9.67 Å². The lowest BCUT2D eigenvalue weighted by Crippen LogP contribution is -2.36. The van der Waals surface area contributed by atoms with E-state index in [0.29, 0.717) is 15.6 Å². The Morgan fingerprint density at radius 2 is 2.16 bits per heavy atom. The van der Waals surface area contributed by atoms with Gasteiger partial charge in [0.2, 0.25) is 0 Å². The van der Waals surface area contributed by atoms with Gasteiger partial charge in [-0.1, -0.05) is 29.3 Å². The molecule has 1 N–H and O–H groups in total. The highest BCUT2D eigenvalue weighted by Gasteiger charge is 2.37. The summed E-state index contributed by atoms with van der Waals surface area (Å²) in [5, 5.41) is 15.6. The number of aliphatic hydroxyl groups is 1. The molecule has 5 nitrogen and oxygen atoms in total. The Bertz CT molecular complexity index is 558. The van der Waals surface area contributed by atoms with Gasteiger partial charge >= 0.3 is 0 Å². The van der Waals surface area contributed by atoms with Gasteiger partial charge in [0.1, 0.15) is 18.3 Å². The van der Waals surface area contributed by atoms with E-state index in [1.807, 2.05) is 0 Å². The number of hydrogen-bond acceptors (Lipinski definition) is 4. The molecule has 0 aliphatic heterocycles. The van der Waals surface area contributed by atoms with E-state index in [1.165, 1.54) is 24.4 Å². The van der Waals surface area contributed by atoms with Crippen molar-refractivity contribution in [3.8, 4) is 0 Å². The fraction of sp³-hybridized carbons (Fsp3) is 0.333. The van der Waals surface area contributed by atoms with Gasteiger partial charge in [-0.15, -0.1) is 0 Å². The Morgan fingerprint density at radius 1 is 1.42 bits per heavy atom. The molecular weight excluding hydrogens is 289 g/mol. The first-order chi connectivity index (χ1) is 8.96. The van der Waals surface area contributed by atoms with Crippen molar-refractivity contribution in [1.82, 2.24) is 14.8 Å². The fourth-order valence-electron chi connectivity index (χ4n) is 1.97. The van der Waals surface area contributed by atoms with Crippen LogP contribution in [0.1, 0.15) is 18.7 Å². The van der Waals surface area contributed by atoms with Crippen molar-refractivity contribution in [2.24, 2.45) is 0 Å². The van der Waals surface area contributed by atoms with E-state index in [4.69, 9.17) is 27.9 Å². The first-order valence-corrected chi connectivity index (χ1v) is 6.27. The Balaban J connectivity index is 2.45. The lowest BCUT2D eigenvalue weighted by Gasteiger charge is -2.32. The smallest absolute Gasteiger partial charge is 0.183 e. The number of nitrogens with zero attached hydrogens (tertiary/aromatic N) is 3. The highest BCUT2D eigenvalue weighted by Crippen LogP contribution is 2.37. The van der Waals surface area contributed by atoms with Crippen LogP contribution < -0.4 is 0 Å². The normalized spacial score (nSPS) is 16.1. The molecule has 102 valence electrons. The largest absolute Gasteiger partial charge is 0.381 e. The Labute approximate surface area is 120 Å². The number of benzene rings is 1. The molecule has 1 aromatic heterocycles. The first-order valence-electron chi connectivity index (χ1n) is 5.51. The highest BCUT2D eigenvalue weighted by molar-refractivity contribution is 6.35. The lowest BCUT2D eigenvalue weighted by molar-refractivity contribution is -0.133. The number of ether oxygens (including phenoxy) is 1. The molecule has 2 aromatic rings. The van der Waals surface area contributed by atoms with Crippen molar-refractivity contribution in [2.75, 3.05) is 7.11 Å². The van der Waals surface area contributed by atoms with Crippen LogP contribution >= 0.6 is 23.2 Å². The number of hydrogen-bond donors (Lipinski definition) is 1. The summed E-state index contributed by atoms with van der Waals surface area (Å²) in [7, 11) is 1.48. The van der Waals surface area contributed by atoms with Crippen molar-refractivity contribution in [3.05, 3.63) is 46.5 Å². The zero-order valence-corrected chi connectivity index (χ0v) is 11.9. The quantitative estimate of drug-likeness (QED) is 0.943. The standard InChI is InChI=1S/C12H13Cl2N3O2/c1-12(18,9-4-3-8(13)5-10(9)14)11(19-2)17-7-15-6-16-17/h3-7,11,18H,1-2H3. The molecule has 1 heterocycles. The Kier molecular flexibility index (Phi) is 4.10. The zero-order chi connectivity index (χ0) is 14.0. The Hall–Kier alpha value is -1.14. The molecule has 0 aliphatic rings. The van der Waals surface area contributed by atoms with Gasteiger partial charge in [-0.2, -0.15) is 5.10 Å². The molecule has 0 fully saturated rings. The third-order valence-corrected chi connectivity index (χ3v) is 3.41. The molecule has 0 amide bonds. The van der Waals surface area contributed by atoms with Gasteiger partial charge in [0.25, 0.3) is 0 Å². The molecule has 0 saturated carbocycles. The monoisotopic (exact) mass is 301 g/mol. The van der Waals surface area contributed by atoms with Gasteiger partial charge < -0.3 is 9.84 Å². The average Bonchev–Trinajstić information content (AvgIpc) is 2.82. The molecule has 0 radical (unpaired) electrons. The number of halogens is 2. The van der Waals surface area contributed by atoms with Gasteiger partial charge in [0.15, 0.2) is 6.23 Å². The van der Waals surface area contributed by atoms with Gasteiger partial charge in [-0.05, 0) is 19.1 Å². The summed E-state index contributed by atoms with van der Waals surface area (Å²) in [4.78, 5) is 3.84. The molecule has 0 spiro atoms. The molecule has 2 rings (SSSR count). The SMILES string of the molecule is COC(n1cncn1)C(C)(O)c1ccc(Cl)cc1Cl. The third-order valence-electron chi connectivity index (χ3n) is 2.86. The van der Waals surface area contributed by atoms with Gasteiger partial charge in [0, 0.05) is 22.7 Å². The summed E-state index contributed by atoms with van der Waals surface area (Å²) < 4.78 is 6.74. The summed E-state index contributed by atoms with van der Waals surface area (Å²) >= 11 is 12.0. The minimum absolute atomic E-state index is 0.361. The maximum Gasteiger partial charge on any atom is 0.183 e. The molecule has 2 atom stereocenters. The number of aromatic nitrogens is 3. The van der Waals surface area contributed by atoms with Crippen LogP contribution in [0, 0.1) is 0 Å². The second-order valence-corrected chi connectivity index (χ2v) is 5.08. The van der Waals surface area contributed by atoms with Gasteiger partial charge in [0.05, 0.1) is 0 Å². The summed E-state index contributed by atoms with van der Waals surface area (Å²) in [5.41, 5.74) is -0.884. The van der Waals surface area contributed by atoms with E-state index in [2.05, 4.69) is 10.1 Å². The van der Waals surface area contributed by atoms with E-state index in [-0.39, 0.29) is 0 Å². The minimum Gasteiger partial charge on any atom is -0.381 e. The van der Waals surface area contributed by atoms with Crippen molar-refractivity contribution < 1.29 is 9.84 Å². The van der Waals surface area contributed by atoms with Crippen LogP contribution in [0.3, 0.4) is 0 Å². The highest BCUT2D eigenvalue weighted by atomic mass is 35.5. The number of rotatable bonds is 4. The summed E-state index contributed by atoms with van der Waals surface area (Å²) in [6.07, 6.45) is 2.08. The van der Waals surface area contributed by atoms with Crippen LogP contribution in [-0.2, 0) is 10.3 Å². The Morgan fingerprint density at radius 3 is 2.68 bits per heavy atom. The van der Waals surface area contributed by atoms with E-state index in [0.717, 1.165) is 0 Å². The van der Waals surface area contributed by atoms with Crippen molar-refractivity contribution in [2.45, 2.75) is 18.8 Å². The second kappa shape index (κ2) is 5.46. The molecule has 7 heteroatoms. The summed E-state index contributed by atoms with van der Waals surface area (Å²) in [6.45, 7) is 1.60. The second-order valence-electron chi connectivity index (χ2n) is 4.24. The summed E-state index contributed by atoms with van der Waals surface area (Å²) in [6, 6.07) is 4.89. The predicted molar refractivity (Wildman–Crippen MR) is 72.1 cm³/mol. The molecular formula is C12H13Cl2N3O2. The van der Waals surface area contributed by atoms with Crippen LogP contribution in [0.5, 0.6) is 0 Å². The van der Waals surface area contributed by atoms with E-state index in [9.17, 15) is 5.11 Å². The first kappa shape index (κ1) is 14.3. The van der Waals surface area contributed by atoms with E-state index in [1.54, 1.807) is 25.1 Å². The summed E-state index contributed by atoms with van der Waals surface area (Å²) in [5.74, 6) is 0. The van der Waals surface area contributed by atoms with Crippen LogP contribution in [0.2, 0.25) is 10.0 Å². The van der Waals surface area contributed by atoms with Crippen LogP contribution in [0.25, 0.3) is 0 Å². The molecule has 1 aromatic carbocycles. The van der Waals surface area contributed by atoms with E-state index >= 15 is 0 Å². The minimum atomic E-state index is -1.38. The van der Waals surface area contributed by atoms with Gasteiger partial charge in [-0.3, -0.25) is 0 Å². The maximum absolute atomic E-state index is 10.7. The average molecular weight is 302 g/mol. The van der Waals surface area contributed by atoms with Crippen molar-refractivity contribution in [3.63, 3.8) is 0 Å². The maximum atomic E-state index is 10.7. The predicted octanol–water partition coefficient (Wildman–Crippen LogP) is 2.64. The van der Waals surface area contributed by atoms with Crippen LogP contribution in [0.15, 0.2) is 30.9 Å². The molecule has 0 aliphatic carbocycles. The molecule has 0 saturated heterocycles. The third kappa shape index (κ3) is 2.74. The molecule has 0 bridgehead atoms.